The van der Waals surface area contributed by atoms with E-state index in [0.717, 1.165) is 18.4 Å². The molecule has 0 spiro atoms. The minimum Gasteiger partial charge on any atom is -0.482 e. The molecule has 0 radical (unpaired) electrons. The second-order valence-electron chi connectivity index (χ2n) is 5.54. The number of carbonyl (C=O) groups excluding carboxylic acids is 1. The third-order valence-corrected chi connectivity index (χ3v) is 3.73. The Morgan fingerprint density at radius 3 is 2.45 bits per heavy atom. The third kappa shape index (κ3) is 8.28. The molecular formula is C18H27ClO3. The standard InChI is InChI=1S/C18H27ClO3/c1-3-4-5-6-7-8-9-12-21-18(20)14-22-17-11-10-16(19)13-15(17)2/h10-11,13H,3-9,12,14H2,1-2H3. The van der Waals surface area contributed by atoms with Gasteiger partial charge in [0, 0.05) is 5.02 Å². The lowest BCUT2D eigenvalue weighted by Crippen LogP contribution is -2.15. The number of rotatable bonds is 11. The highest BCUT2D eigenvalue weighted by Gasteiger charge is 2.06. The second-order valence-corrected chi connectivity index (χ2v) is 5.98. The largest absolute Gasteiger partial charge is 0.482 e. The third-order valence-electron chi connectivity index (χ3n) is 3.49. The summed E-state index contributed by atoms with van der Waals surface area (Å²) in [4.78, 5) is 11.6. The summed E-state index contributed by atoms with van der Waals surface area (Å²) in [5, 5.41) is 0.659. The van der Waals surface area contributed by atoms with Gasteiger partial charge in [0.15, 0.2) is 6.61 Å². The Labute approximate surface area is 139 Å². The number of ether oxygens (including phenoxy) is 2. The number of hydrogen-bond donors (Lipinski definition) is 0. The van der Waals surface area contributed by atoms with Gasteiger partial charge in [0.2, 0.25) is 0 Å². The quantitative estimate of drug-likeness (QED) is 0.408. The molecule has 0 aliphatic rings. The van der Waals surface area contributed by atoms with E-state index < -0.39 is 0 Å². The fourth-order valence-corrected chi connectivity index (χ4v) is 2.42. The van der Waals surface area contributed by atoms with Crippen LogP contribution in [0.1, 0.15) is 57.4 Å². The van der Waals surface area contributed by atoms with Crippen LogP contribution in [0.4, 0.5) is 0 Å². The molecular weight excluding hydrogens is 300 g/mol. The Morgan fingerprint density at radius 2 is 1.77 bits per heavy atom. The monoisotopic (exact) mass is 326 g/mol. The number of benzene rings is 1. The van der Waals surface area contributed by atoms with E-state index in [1.165, 1.54) is 32.1 Å². The molecule has 3 nitrogen and oxygen atoms in total. The van der Waals surface area contributed by atoms with E-state index in [1.807, 2.05) is 6.92 Å². The summed E-state index contributed by atoms with van der Waals surface area (Å²) in [6, 6.07) is 5.32. The van der Waals surface area contributed by atoms with E-state index in [-0.39, 0.29) is 12.6 Å². The predicted molar refractivity (Wildman–Crippen MR) is 90.6 cm³/mol. The van der Waals surface area contributed by atoms with Crippen molar-refractivity contribution in [2.24, 2.45) is 0 Å². The van der Waals surface area contributed by atoms with Crippen molar-refractivity contribution in [1.29, 1.82) is 0 Å². The first kappa shape index (κ1) is 18.8. The van der Waals surface area contributed by atoms with E-state index in [0.29, 0.717) is 17.4 Å². The second kappa shape index (κ2) is 11.4. The zero-order chi connectivity index (χ0) is 16.2. The minimum atomic E-state index is -0.319. The van der Waals surface area contributed by atoms with Crippen molar-refractivity contribution in [3.8, 4) is 5.75 Å². The number of esters is 1. The highest BCUT2D eigenvalue weighted by molar-refractivity contribution is 6.30. The fourth-order valence-electron chi connectivity index (χ4n) is 2.20. The predicted octanol–water partition coefficient (Wildman–Crippen LogP) is 5.32. The number of aryl methyl sites for hydroxylation is 1. The van der Waals surface area contributed by atoms with Crippen LogP contribution in [0.15, 0.2) is 18.2 Å². The molecule has 22 heavy (non-hydrogen) atoms. The maximum Gasteiger partial charge on any atom is 0.344 e. The van der Waals surface area contributed by atoms with E-state index in [4.69, 9.17) is 21.1 Å². The summed E-state index contributed by atoms with van der Waals surface area (Å²) in [6.07, 6.45) is 8.44. The fraction of sp³-hybridized carbons (Fsp3) is 0.611. The smallest absolute Gasteiger partial charge is 0.344 e. The molecule has 1 rings (SSSR count). The van der Waals surface area contributed by atoms with Crippen LogP contribution in [0.2, 0.25) is 5.02 Å². The van der Waals surface area contributed by atoms with Crippen LogP contribution in [-0.4, -0.2) is 19.2 Å². The zero-order valence-electron chi connectivity index (χ0n) is 13.7. The summed E-state index contributed by atoms with van der Waals surface area (Å²) >= 11 is 5.87. The number of halogens is 1. The van der Waals surface area contributed by atoms with Gasteiger partial charge in [0.25, 0.3) is 0 Å². The van der Waals surface area contributed by atoms with Crippen molar-refractivity contribution in [2.75, 3.05) is 13.2 Å². The van der Waals surface area contributed by atoms with Crippen molar-refractivity contribution in [3.05, 3.63) is 28.8 Å². The van der Waals surface area contributed by atoms with Crippen molar-refractivity contribution in [1.82, 2.24) is 0 Å². The van der Waals surface area contributed by atoms with Crippen molar-refractivity contribution < 1.29 is 14.3 Å². The molecule has 0 saturated heterocycles. The maximum absolute atomic E-state index is 11.6. The van der Waals surface area contributed by atoms with Gasteiger partial charge in [-0.05, 0) is 37.1 Å². The summed E-state index contributed by atoms with van der Waals surface area (Å²) in [7, 11) is 0. The Morgan fingerprint density at radius 1 is 1.09 bits per heavy atom. The van der Waals surface area contributed by atoms with Crippen LogP contribution in [-0.2, 0) is 9.53 Å². The van der Waals surface area contributed by atoms with Crippen molar-refractivity contribution in [3.63, 3.8) is 0 Å². The first-order valence-corrected chi connectivity index (χ1v) is 8.56. The molecule has 1 aromatic carbocycles. The molecule has 124 valence electrons. The van der Waals surface area contributed by atoms with Crippen LogP contribution in [0.25, 0.3) is 0 Å². The van der Waals surface area contributed by atoms with Gasteiger partial charge in [-0.15, -0.1) is 0 Å². The molecule has 0 unspecified atom stereocenters. The topological polar surface area (TPSA) is 35.5 Å². The average molecular weight is 327 g/mol. The molecule has 0 amide bonds. The summed E-state index contributed by atoms with van der Waals surface area (Å²) < 4.78 is 10.6. The van der Waals surface area contributed by atoms with Crippen molar-refractivity contribution in [2.45, 2.75) is 58.8 Å². The molecule has 4 heteroatoms. The normalized spacial score (nSPS) is 10.5. The molecule has 0 aliphatic carbocycles. The first-order valence-electron chi connectivity index (χ1n) is 8.18. The molecule has 0 aliphatic heterocycles. The van der Waals surface area contributed by atoms with E-state index >= 15 is 0 Å². The Bertz CT molecular complexity index is 446. The summed E-state index contributed by atoms with van der Waals surface area (Å²) in [5.41, 5.74) is 0.910. The molecule has 0 N–H and O–H groups in total. The molecule has 0 atom stereocenters. The lowest BCUT2D eigenvalue weighted by Gasteiger charge is -2.09. The van der Waals surface area contributed by atoms with Gasteiger partial charge in [-0.25, -0.2) is 4.79 Å². The minimum absolute atomic E-state index is 0.0566. The molecule has 0 bridgehead atoms. The van der Waals surface area contributed by atoms with E-state index in [1.54, 1.807) is 18.2 Å². The Hall–Kier alpha value is -1.22. The van der Waals surface area contributed by atoms with Gasteiger partial charge in [-0.2, -0.15) is 0 Å². The van der Waals surface area contributed by atoms with Crippen LogP contribution < -0.4 is 4.74 Å². The molecule has 0 aromatic heterocycles. The van der Waals surface area contributed by atoms with Gasteiger partial charge in [-0.3, -0.25) is 0 Å². The molecule has 0 saturated carbocycles. The van der Waals surface area contributed by atoms with E-state index in [9.17, 15) is 4.79 Å². The molecule has 0 heterocycles. The van der Waals surface area contributed by atoms with Gasteiger partial charge in [0.05, 0.1) is 6.61 Å². The average Bonchev–Trinajstić information content (AvgIpc) is 2.49. The number of carbonyl (C=O) groups is 1. The highest BCUT2D eigenvalue weighted by Crippen LogP contribution is 2.21. The van der Waals surface area contributed by atoms with Gasteiger partial charge in [0.1, 0.15) is 5.75 Å². The zero-order valence-corrected chi connectivity index (χ0v) is 14.5. The molecule has 1 aromatic rings. The lowest BCUT2D eigenvalue weighted by atomic mass is 10.1. The maximum atomic E-state index is 11.6. The van der Waals surface area contributed by atoms with E-state index in [2.05, 4.69) is 6.92 Å². The van der Waals surface area contributed by atoms with Crippen LogP contribution in [0.3, 0.4) is 0 Å². The van der Waals surface area contributed by atoms with Gasteiger partial charge in [-0.1, -0.05) is 57.0 Å². The van der Waals surface area contributed by atoms with Crippen LogP contribution in [0, 0.1) is 6.92 Å². The Kier molecular flexibility index (Phi) is 9.72. The van der Waals surface area contributed by atoms with Crippen LogP contribution in [0.5, 0.6) is 5.75 Å². The number of hydrogen-bond acceptors (Lipinski definition) is 3. The van der Waals surface area contributed by atoms with Crippen molar-refractivity contribution >= 4 is 17.6 Å². The van der Waals surface area contributed by atoms with Gasteiger partial charge >= 0.3 is 5.97 Å². The Balaban J connectivity index is 2.06. The summed E-state index contributed by atoms with van der Waals surface area (Å²) in [5.74, 6) is 0.345. The summed E-state index contributed by atoms with van der Waals surface area (Å²) in [6.45, 7) is 4.53. The highest BCUT2D eigenvalue weighted by atomic mass is 35.5. The lowest BCUT2D eigenvalue weighted by molar-refractivity contribution is -0.146. The SMILES string of the molecule is CCCCCCCCCOC(=O)COc1ccc(Cl)cc1C. The van der Waals surface area contributed by atoms with Crippen LogP contribution >= 0.6 is 11.6 Å². The first-order chi connectivity index (χ1) is 10.6. The molecule has 0 fully saturated rings. The van der Waals surface area contributed by atoms with Gasteiger partial charge < -0.3 is 9.47 Å². The number of unbranched alkanes of at least 4 members (excludes halogenated alkanes) is 6.